The Labute approximate surface area is 179 Å². The summed E-state index contributed by atoms with van der Waals surface area (Å²) in [6.07, 6.45) is 6.71. The highest BCUT2D eigenvalue weighted by atomic mass is 35.5. The second kappa shape index (κ2) is 12.2. The zero-order chi connectivity index (χ0) is 22.0. The van der Waals surface area contributed by atoms with Crippen LogP contribution in [-0.4, -0.2) is 6.61 Å². The van der Waals surface area contributed by atoms with Crippen molar-refractivity contribution < 1.29 is 4.74 Å². The summed E-state index contributed by atoms with van der Waals surface area (Å²) in [5.74, 6) is 1.54. The number of allylic oxidation sites excluding steroid dienone is 5. The van der Waals surface area contributed by atoms with E-state index in [0.29, 0.717) is 11.3 Å². The van der Waals surface area contributed by atoms with Gasteiger partial charge in [-0.25, -0.2) is 0 Å². The first-order valence-electron chi connectivity index (χ1n) is 10.2. The number of hydrogen-bond acceptors (Lipinski definition) is 1. The standard InChI is InChI=1S/C18H30O.C8H11Cl/c1-8-19-15-11-9-14(10-12-15)16(18(5,6)7)13-17(2,3)4;1-4-7(5-2)8(9)6-3/h9-12,16H,8,13H2,1-7H3;4-6H,1H2,2-3H3/b;7-5-,8-6+. The van der Waals surface area contributed by atoms with Crippen LogP contribution in [0.5, 0.6) is 5.75 Å². The third-order valence-electron chi connectivity index (χ3n) is 4.52. The van der Waals surface area contributed by atoms with Gasteiger partial charge >= 0.3 is 0 Å². The molecule has 1 atom stereocenters. The van der Waals surface area contributed by atoms with E-state index in [1.807, 2.05) is 32.9 Å². The van der Waals surface area contributed by atoms with E-state index in [1.165, 1.54) is 12.0 Å². The van der Waals surface area contributed by atoms with E-state index in [4.69, 9.17) is 16.3 Å². The lowest BCUT2D eigenvalue weighted by Gasteiger charge is -2.36. The maximum absolute atomic E-state index is 5.75. The number of benzene rings is 1. The van der Waals surface area contributed by atoms with Crippen molar-refractivity contribution in [3.63, 3.8) is 0 Å². The quantitative estimate of drug-likeness (QED) is 0.430. The number of hydrogen-bond donors (Lipinski definition) is 0. The second-order valence-electron chi connectivity index (χ2n) is 9.27. The third-order valence-corrected chi connectivity index (χ3v) is 4.95. The molecule has 2 heteroatoms. The minimum absolute atomic E-state index is 0.278. The lowest BCUT2D eigenvalue weighted by molar-refractivity contribution is 0.229. The summed E-state index contributed by atoms with van der Waals surface area (Å²) in [6.45, 7) is 24.1. The molecule has 0 aromatic heterocycles. The molecule has 0 spiro atoms. The van der Waals surface area contributed by atoms with Gasteiger partial charge < -0.3 is 4.74 Å². The summed E-state index contributed by atoms with van der Waals surface area (Å²) in [6, 6.07) is 8.65. The molecule has 0 fully saturated rings. The molecule has 0 radical (unpaired) electrons. The third kappa shape index (κ3) is 10.2. The first-order valence-corrected chi connectivity index (χ1v) is 10.6. The average Bonchev–Trinajstić information content (AvgIpc) is 2.60. The van der Waals surface area contributed by atoms with Crippen LogP contribution in [0.4, 0.5) is 0 Å². The van der Waals surface area contributed by atoms with Crippen LogP contribution >= 0.6 is 11.6 Å². The molecule has 1 aromatic rings. The van der Waals surface area contributed by atoms with Crippen molar-refractivity contribution in [2.75, 3.05) is 6.61 Å². The largest absolute Gasteiger partial charge is 0.494 e. The molecule has 0 saturated carbocycles. The molecule has 0 bridgehead atoms. The van der Waals surface area contributed by atoms with Crippen LogP contribution in [-0.2, 0) is 0 Å². The Hall–Kier alpha value is -1.47. The summed E-state index contributed by atoms with van der Waals surface area (Å²) >= 11 is 5.75. The molecule has 0 amide bonds. The van der Waals surface area contributed by atoms with Crippen molar-refractivity contribution in [3.05, 3.63) is 65.2 Å². The molecular weight excluding hydrogens is 364 g/mol. The normalized spacial score (nSPS) is 14.1. The van der Waals surface area contributed by atoms with E-state index >= 15 is 0 Å². The van der Waals surface area contributed by atoms with Gasteiger partial charge in [-0.1, -0.05) is 90.1 Å². The molecular formula is C26H41ClO. The Bertz CT molecular complexity index is 636. The maximum atomic E-state index is 5.75. The fraction of sp³-hybridized carbons (Fsp3) is 0.538. The highest BCUT2D eigenvalue weighted by Gasteiger charge is 2.30. The molecule has 1 rings (SSSR count). The Balaban J connectivity index is 0.000000684. The number of rotatable bonds is 6. The first-order chi connectivity index (χ1) is 12.9. The summed E-state index contributed by atoms with van der Waals surface area (Å²) in [5, 5.41) is 0.757. The van der Waals surface area contributed by atoms with Gasteiger partial charge in [-0.2, -0.15) is 0 Å². The van der Waals surface area contributed by atoms with Crippen LogP contribution in [0, 0.1) is 10.8 Å². The average molecular weight is 405 g/mol. The first kappa shape index (κ1) is 26.5. The van der Waals surface area contributed by atoms with Gasteiger partial charge in [0.2, 0.25) is 0 Å². The predicted molar refractivity (Wildman–Crippen MR) is 127 cm³/mol. The van der Waals surface area contributed by atoms with Crippen LogP contribution in [0.3, 0.4) is 0 Å². The predicted octanol–water partition coefficient (Wildman–Crippen LogP) is 8.91. The lowest BCUT2D eigenvalue weighted by Crippen LogP contribution is -2.23. The van der Waals surface area contributed by atoms with Gasteiger partial charge in [0.05, 0.1) is 6.61 Å². The van der Waals surface area contributed by atoms with E-state index in [-0.39, 0.29) is 5.41 Å². The summed E-state index contributed by atoms with van der Waals surface area (Å²) in [5.41, 5.74) is 3.03. The van der Waals surface area contributed by atoms with Crippen molar-refractivity contribution in [1.82, 2.24) is 0 Å². The number of ether oxygens (including phenoxy) is 1. The van der Waals surface area contributed by atoms with E-state index in [9.17, 15) is 0 Å². The topological polar surface area (TPSA) is 9.23 Å². The van der Waals surface area contributed by atoms with Crippen LogP contribution < -0.4 is 4.74 Å². The molecule has 1 nitrogen and oxygen atoms in total. The van der Waals surface area contributed by atoms with Gasteiger partial charge in [0.25, 0.3) is 0 Å². The zero-order valence-corrected chi connectivity index (χ0v) is 20.3. The van der Waals surface area contributed by atoms with Crippen molar-refractivity contribution in [1.29, 1.82) is 0 Å². The summed E-state index contributed by atoms with van der Waals surface area (Å²) < 4.78 is 5.53. The highest BCUT2D eigenvalue weighted by Crippen LogP contribution is 2.43. The second-order valence-corrected chi connectivity index (χ2v) is 9.68. The Morgan fingerprint density at radius 2 is 1.57 bits per heavy atom. The minimum Gasteiger partial charge on any atom is -0.494 e. The van der Waals surface area contributed by atoms with E-state index in [1.54, 1.807) is 6.08 Å². The highest BCUT2D eigenvalue weighted by molar-refractivity contribution is 6.32. The number of halogens is 1. The minimum atomic E-state index is 0.278. The van der Waals surface area contributed by atoms with Gasteiger partial charge in [0.1, 0.15) is 5.75 Å². The lowest BCUT2D eigenvalue weighted by atomic mass is 9.69. The molecule has 0 aliphatic carbocycles. The van der Waals surface area contributed by atoms with Gasteiger partial charge in [-0.15, -0.1) is 0 Å². The van der Waals surface area contributed by atoms with Crippen molar-refractivity contribution in [2.45, 2.75) is 74.7 Å². The molecule has 0 N–H and O–H groups in total. The summed E-state index contributed by atoms with van der Waals surface area (Å²) in [4.78, 5) is 0. The smallest absolute Gasteiger partial charge is 0.119 e. The van der Waals surface area contributed by atoms with Crippen molar-refractivity contribution in [2.24, 2.45) is 10.8 Å². The van der Waals surface area contributed by atoms with Gasteiger partial charge in [-0.3, -0.25) is 0 Å². The maximum Gasteiger partial charge on any atom is 0.119 e. The Morgan fingerprint density at radius 3 is 1.86 bits per heavy atom. The molecule has 0 saturated heterocycles. The monoisotopic (exact) mass is 404 g/mol. The van der Waals surface area contributed by atoms with Crippen molar-refractivity contribution in [3.8, 4) is 5.75 Å². The van der Waals surface area contributed by atoms with Crippen LogP contribution in [0.1, 0.15) is 80.2 Å². The molecule has 158 valence electrons. The molecule has 0 aliphatic heterocycles. The Kier molecular flexibility index (Phi) is 11.5. The molecule has 1 aromatic carbocycles. The molecule has 0 heterocycles. The van der Waals surface area contributed by atoms with Gasteiger partial charge in [-0.05, 0) is 67.2 Å². The van der Waals surface area contributed by atoms with Gasteiger partial charge in [0, 0.05) is 5.03 Å². The van der Waals surface area contributed by atoms with Crippen LogP contribution in [0.25, 0.3) is 0 Å². The van der Waals surface area contributed by atoms with Gasteiger partial charge in [0.15, 0.2) is 0 Å². The SMILES string of the molecule is C=CC(=C/C)/C(Cl)=C\C.CCOc1ccc(C(CC(C)(C)C)C(C)(C)C)cc1. The summed E-state index contributed by atoms with van der Waals surface area (Å²) in [7, 11) is 0. The fourth-order valence-corrected chi connectivity index (χ4v) is 3.21. The Morgan fingerprint density at radius 1 is 1.04 bits per heavy atom. The molecule has 0 aliphatic rings. The van der Waals surface area contributed by atoms with E-state index in [2.05, 4.69) is 72.4 Å². The van der Waals surface area contributed by atoms with Crippen LogP contribution in [0.15, 0.2) is 59.7 Å². The molecule has 1 unspecified atom stereocenters. The zero-order valence-electron chi connectivity index (χ0n) is 19.5. The van der Waals surface area contributed by atoms with Crippen molar-refractivity contribution >= 4 is 11.6 Å². The van der Waals surface area contributed by atoms with Crippen LogP contribution in [0.2, 0.25) is 0 Å². The van der Waals surface area contributed by atoms with E-state index in [0.717, 1.165) is 23.0 Å². The fourth-order valence-electron chi connectivity index (χ4n) is 3.02. The molecule has 28 heavy (non-hydrogen) atoms. The van der Waals surface area contributed by atoms with E-state index < -0.39 is 0 Å².